The van der Waals surface area contributed by atoms with E-state index in [0.29, 0.717) is 0 Å². The van der Waals surface area contributed by atoms with Crippen LogP contribution >= 0.6 is 0 Å². The van der Waals surface area contributed by atoms with E-state index in [1.54, 1.807) is 18.7 Å². The van der Waals surface area contributed by atoms with E-state index in [1.807, 2.05) is 29.8 Å². The molecule has 0 aliphatic heterocycles. The first-order valence-corrected chi connectivity index (χ1v) is 4.68. The lowest BCUT2D eigenvalue weighted by atomic mass is 10.2. The standard InChI is InChI=1S/C11H9N3O/c1-8-6-13-14-10(2-4-12-11(8)14)9-3-5-15-7-9/h2-7H,1H3. The third-order valence-electron chi connectivity index (χ3n) is 2.39. The average molecular weight is 199 g/mol. The Hall–Kier alpha value is -2.10. The second-order valence-corrected chi connectivity index (χ2v) is 3.41. The first-order chi connectivity index (χ1) is 7.36. The average Bonchev–Trinajstić information content (AvgIpc) is 2.88. The summed E-state index contributed by atoms with van der Waals surface area (Å²) < 4.78 is 6.88. The third-order valence-corrected chi connectivity index (χ3v) is 2.39. The molecule has 0 amide bonds. The van der Waals surface area contributed by atoms with Crippen LogP contribution in [0.4, 0.5) is 0 Å². The molecule has 3 aromatic heterocycles. The molecule has 0 spiro atoms. The van der Waals surface area contributed by atoms with E-state index in [4.69, 9.17) is 4.42 Å². The summed E-state index contributed by atoms with van der Waals surface area (Å²) in [7, 11) is 0. The van der Waals surface area contributed by atoms with E-state index in [9.17, 15) is 0 Å². The summed E-state index contributed by atoms with van der Waals surface area (Å²) in [6, 6.07) is 3.83. The van der Waals surface area contributed by atoms with Crippen LogP contribution in [-0.2, 0) is 0 Å². The quantitative estimate of drug-likeness (QED) is 0.604. The molecule has 3 rings (SSSR count). The highest BCUT2D eigenvalue weighted by Gasteiger charge is 2.07. The van der Waals surface area contributed by atoms with Crippen molar-refractivity contribution in [3.63, 3.8) is 0 Å². The number of furan rings is 1. The minimum absolute atomic E-state index is 0.883. The summed E-state index contributed by atoms with van der Waals surface area (Å²) in [6.45, 7) is 1.99. The van der Waals surface area contributed by atoms with Gasteiger partial charge in [-0.3, -0.25) is 0 Å². The number of rotatable bonds is 1. The van der Waals surface area contributed by atoms with E-state index in [2.05, 4.69) is 10.1 Å². The summed E-state index contributed by atoms with van der Waals surface area (Å²) in [5.74, 6) is 0. The van der Waals surface area contributed by atoms with E-state index < -0.39 is 0 Å². The summed E-state index contributed by atoms with van der Waals surface area (Å²) >= 11 is 0. The number of fused-ring (bicyclic) bond motifs is 1. The largest absolute Gasteiger partial charge is 0.472 e. The molecule has 0 N–H and O–H groups in total. The molecule has 0 fully saturated rings. The fourth-order valence-electron chi connectivity index (χ4n) is 1.63. The van der Waals surface area contributed by atoms with Crippen molar-refractivity contribution in [2.24, 2.45) is 0 Å². The molecule has 0 saturated carbocycles. The third kappa shape index (κ3) is 1.15. The van der Waals surface area contributed by atoms with Gasteiger partial charge in [0.2, 0.25) is 0 Å². The van der Waals surface area contributed by atoms with Crippen molar-refractivity contribution in [3.05, 3.63) is 42.6 Å². The van der Waals surface area contributed by atoms with E-state index in [1.165, 1.54) is 0 Å². The van der Waals surface area contributed by atoms with Crippen LogP contribution in [0.2, 0.25) is 0 Å². The van der Waals surface area contributed by atoms with Gasteiger partial charge in [0, 0.05) is 17.3 Å². The van der Waals surface area contributed by atoms with Crippen LogP contribution in [-0.4, -0.2) is 14.6 Å². The first-order valence-electron chi connectivity index (χ1n) is 4.68. The van der Waals surface area contributed by atoms with Gasteiger partial charge in [0.25, 0.3) is 0 Å². The SMILES string of the molecule is Cc1cnn2c(-c3ccoc3)ccnc12. The molecule has 0 saturated heterocycles. The highest BCUT2D eigenvalue weighted by atomic mass is 16.3. The summed E-state index contributed by atoms with van der Waals surface area (Å²) in [5.41, 5.74) is 3.95. The van der Waals surface area contributed by atoms with Crippen LogP contribution in [0.3, 0.4) is 0 Å². The Bertz CT molecular complexity index is 595. The summed E-state index contributed by atoms with van der Waals surface area (Å²) in [4.78, 5) is 4.28. The smallest absolute Gasteiger partial charge is 0.158 e. The van der Waals surface area contributed by atoms with Gasteiger partial charge < -0.3 is 4.42 Å². The fraction of sp³-hybridized carbons (Fsp3) is 0.0909. The molecule has 0 aromatic carbocycles. The minimum atomic E-state index is 0.883. The first kappa shape index (κ1) is 8.23. The molecule has 74 valence electrons. The second-order valence-electron chi connectivity index (χ2n) is 3.41. The zero-order valence-electron chi connectivity index (χ0n) is 8.21. The lowest BCUT2D eigenvalue weighted by Gasteiger charge is -2.00. The van der Waals surface area contributed by atoms with Crippen molar-refractivity contribution in [2.45, 2.75) is 6.92 Å². The number of nitrogens with zero attached hydrogens (tertiary/aromatic N) is 3. The summed E-state index contributed by atoms with van der Waals surface area (Å²) in [5, 5.41) is 4.29. The Kier molecular flexibility index (Phi) is 1.62. The van der Waals surface area contributed by atoms with E-state index >= 15 is 0 Å². The molecular weight excluding hydrogens is 190 g/mol. The normalized spacial score (nSPS) is 11.0. The van der Waals surface area contributed by atoms with Gasteiger partial charge in [0.15, 0.2) is 5.65 Å². The number of aromatic nitrogens is 3. The molecule has 3 heterocycles. The van der Waals surface area contributed by atoms with Crippen molar-refractivity contribution >= 4 is 5.65 Å². The van der Waals surface area contributed by atoms with Gasteiger partial charge >= 0.3 is 0 Å². The maximum atomic E-state index is 5.06. The van der Waals surface area contributed by atoms with Crippen LogP contribution in [0.1, 0.15) is 5.56 Å². The Balaban J connectivity index is 2.36. The highest BCUT2D eigenvalue weighted by molar-refractivity contribution is 5.62. The van der Waals surface area contributed by atoms with Crippen LogP contribution in [0.5, 0.6) is 0 Å². The van der Waals surface area contributed by atoms with Gasteiger partial charge in [-0.1, -0.05) is 0 Å². The molecular formula is C11H9N3O. The zero-order valence-corrected chi connectivity index (χ0v) is 8.21. The Morgan fingerprint density at radius 1 is 1.33 bits per heavy atom. The topological polar surface area (TPSA) is 43.3 Å². The van der Waals surface area contributed by atoms with Crippen molar-refractivity contribution in [1.29, 1.82) is 0 Å². The molecule has 0 radical (unpaired) electrons. The number of hydrogen-bond acceptors (Lipinski definition) is 3. The molecule has 15 heavy (non-hydrogen) atoms. The Morgan fingerprint density at radius 2 is 2.27 bits per heavy atom. The predicted molar refractivity (Wildman–Crippen MR) is 55.4 cm³/mol. The molecule has 0 aliphatic rings. The van der Waals surface area contributed by atoms with Crippen LogP contribution < -0.4 is 0 Å². The van der Waals surface area contributed by atoms with E-state index in [-0.39, 0.29) is 0 Å². The second kappa shape index (κ2) is 2.95. The molecule has 4 nitrogen and oxygen atoms in total. The Labute approximate surface area is 86.2 Å². The van der Waals surface area contributed by atoms with Crippen molar-refractivity contribution in [3.8, 4) is 11.3 Å². The van der Waals surface area contributed by atoms with Crippen molar-refractivity contribution in [2.75, 3.05) is 0 Å². The van der Waals surface area contributed by atoms with Crippen LogP contribution in [0.15, 0.2) is 41.5 Å². The van der Waals surface area contributed by atoms with Gasteiger partial charge in [-0.2, -0.15) is 5.10 Å². The van der Waals surface area contributed by atoms with Gasteiger partial charge in [-0.25, -0.2) is 9.50 Å². The maximum Gasteiger partial charge on any atom is 0.158 e. The van der Waals surface area contributed by atoms with Gasteiger partial charge in [0.05, 0.1) is 24.4 Å². The molecule has 0 aliphatic carbocycles. The van der Waals surface area contributed by atoms with Crippen molar-refractivity contribution in [1.82, 2.24) is 14.6 Å². The zero-order chi connectivity index (χ0) is 10.3. The fourth-order valence-corrected chi connectivity index (χ4v) is 1.63. The predicted octanol–water partition coefficient (Wildman–Crippen LogP) is 2.30. The Morgan fingerprint density at radius 3 is 3.07 bits per heavy atom. The molecule has 3 aromatic rings. The van der Waals surface area contributed by atoms with Gasteiger partial charge in [0.1, 0.15) is 0 Å². The number of hydrogen-bond donors (Lipinski definition) is 0. The minimum Gasteiger partial charge on any atom is -0.472 e. The maximum absolute atomic E-state index is 5.06. The van der Waals surface area contributed by atoms with Gasteiger partial charge in [-0.15, -0.1) is 0 Å². The lowest BCUT2D eigenvalue weighted by Crippen LogP contribution is -1.94. The highest BCUT2D eigenvalue weighted by Crippen LogP contribution is 2.20. The van der Waals surface area contributed by atoms with Crippen LogP contribution in [0, 0.1) is 6.92 Å². The lowest BCUT2D eigenvalue weighted by molar-refractivity contribution is 0.568. The molecule has 4 heteroatoms. The van der Waals surface area contributed by atoms with E-state index in [0.717, 1.165) is 22.5 Å². The monoisotopic (exact) mass is 199 g/mol. The molecule has 0 bridgehead atoms. The molecule has 0 unspecified atom stereocenters. The molecule has 0 atom stereocenters. The van der Waals surface area contributed by atoms with Crippen molar-refractivity contribution < 1.29 is 4.42 Å². The van der Waals surface area contributed by atoms with Gasteiger partial charge in [-0.05, 0) is 19.1 Å². The summed E-state index contributed by atoms with van der Waals surface area (Å²) in [6.07, 6.45) is 6.95. The number of aryl methyl sites for hydroxylation is 1. The van der Waals surface area contributed by atoms with Crippen LogP contribution in [0.25, 0.3) is 16.9 Å².